The number of amides is 1. The van der Waals surface area contributed by atoms with Crippen LogP contribution in [0.3, 0.4) is 0 Å². The van der Waals surface area contributed by atoms with E-state index in [9.17, 15) is 4.79 Å². The number of para-hydroxylation sites is 1. The van der Waals surface area contributed by atoms with E-state index in [4.69, 9.17) is 21.1 Å². The zero-order chi connectivity index (χ0) is 17.3. The molecule has 1 N–H and O–H groups in total. The minimum absolute atomic E-state index is 0.192. The number of fused-ring (bicyclic) bond motifs is 1. The molecule has 2 aromatic rings. The Morgan fingerprint density at radius 2 is 2.33 bits per heavy atom. The Kier molecular flexibility index (Phi) is 4.66. The predicted molar refractivity (Wildman–Crippen MR) is 91.0 cm³/mol. The Morgan fingerprint density at radius 3 is 3.00 bits per heavy atom. The Balaban J connectivity index is 1.63. The highest BCUT2D eigenvalue weighted by Crippen LogP contribution is 2.35. The van der Waals surface area contributed by atoms with E-state index in [0.29, 0.717) is 18.2 Å². The summed E-state index contributed by atoms with van der Waals surface area (Å²) in [5.41, 5.74) is 2.12. The van der Waals surface area contributed by atoms with Gasteiger partial charge in [0.1, 0.15) is 0 Å². The Labute approximate surface area is 145 Å². The van der Waals surface area contributed by atoms with Gasteiger partial charge in [-0.1, -0.05) is 23.7 Å². The third-order valence-electron chi connectivity index (χ3n) is 4.28. The van der Waals surface area contributed by atoms with E-state index in [-0.39, 0.29) is 17.5 Å². The maximum atomic E-state index is 12.3. The second-order valence-electron chi connectivity index (χ2n) is 5.91. The number of nitrogens with zero attached hydrogens (tertiary/aromatic N) is 2. The predicted octanol–water partition coefficient (Wildman–Crippen LogP) is 2.37. The summed E-state index contributed by atoms with van der Waals surface area (Å²) in [5.74, 6) is 1.47. The van der Waals surface area contributed by atoms with Gasteiger partial charge < -0.3 is 14.8 Å². The zero-order valence-electron chi connectivity index (χ0n) is 13.9. The summed E-state index contributed by atoms with van der Waals surface area (Å²) in [5, 5.41) is 7.45. The number of hydrogen-bond acceptors (Lipinski definition) is 4. The normalized spacial score (nSPS) is 16.2. The Bertz CT molecular complexity index is 773. The topological polar surface area (TPSA) is 65.4 Å². The molecule has 0 aliphatic carbocycles. The van der Waals surface area contributed by atoms with Crippen LogP contribution in [0.4, 0.5) is 0 Å². The molecule has 1 unspecified atom stereocenters. The molecule has 1 aliphatic rings. The highest BCUT2D eigenvalue weighted by molar-refractivity contribution is 6.34. The van der Waals surface area contributed by atoms with Crippen LogP contribution in [0.25, 0.3) is 0 Å². The number of aromatic nitrogens is 2. The van der Waals surface area contributed by atoms with Crippen LogP contribution in [0.1, 0.15) is 21.7 Å². The van der Waals surface area contributed by atoms with Crippen LogP contribution in [0.2, 0.25) is 5.02 Å². The maximum absolute atomic E-state index is 12.3. The minimum Gasteiger partial charge on any atom is -0.493 e. The van der Waals surface area contributed by atoms with Gasteiger partial charge in [-0.2, -0.15) is 5.10 Å². The summed E-state index contributed by atoms with van der Waals surface area (Å²) in [4.78, 5) is 12.3. The van der Waals surface area contributed by atoms with Crippen molar-refractivity contribution in [3.63, 3.8) is 0 Å². The molecule has 128 valence electrons. The van der Waals surface area contributed by atoms with Crippen LogP contribution in [0.5, 0.6) is 11.5 Å². The molecule has 0 saturated heterocycles. The lowest BCUT2D eigenvalue weighted by molar-refractivity contribution is 0.0933. The largest absolute Gasteiger partial charge is 0.493 e. The first kappa shape index (κ1) is 16.6. The second-order valence-corrected chi connectivity index (χ2v) is 6.29. The van der Waals surface area contributed by atoms with Crippen LogP contribution < -0.4 is 14.8 Å². The average Bonchev–Trinajstić information content (AvgIpc) is 2.86. The monoisotopic (exact) mass is 349 g/mol. The number of halogens is 1. The third kappa shape index (κ3) is 3.06. The number of hydrogen-bond donors (Lipinski definition) is 1. The van der Waals surface area contributed by atoms with Crippen molar-refractivity contribution < 1.29 is 14.3 Å². The number of ether oxygens (including phenoxy) is 2. The lowest BCUT2D eigenvalue weighted by Gasteiger charge is -2.26. The molecule has 1 aliphatic heterocycles. The van der Waals surface area contributed by atoms with Gasteiger partial charge in [-0.15, -0.1) is 0 Å². The van der Waals surface area contributed by atoms with Gasteiger partial charge in [0.05, 0.1) is 24.4 Å². The summed E-state index contributed by atoms with van der Waals surface area (Å²) >= 11 is 6.15. The molecule has 0 spiro atoms. The number of methoxy groups -OCH3 is 1. The SMILES string of the molecule is COc1cccc2c1OCC(CNC(=O)c1nn(C)c(C)c1Cl)C2. The van der Waals surface area contributed by atoms with Crippen molar-refractivity contribution in [1.82, 2.24) is 15.1 Å². The lowest BCUT2D eigenvalue weighted by atomic mass is 9.96. The molecule has 0 radical (unpaired) electrons. The smallest absolute Gasteiger partial charge is 0.273 e. The van der Waals surface area contributed by atoms with Gasteiger partial charge in [-0.25, -0.2) is 0 Å². The quantitative estimate of drug-likeness (QED) is 0.920. The van der Waals surface area contributed by atoms with E-state index in [2.05, 4.69) is 10.4 Å². The highest BCUT2D eigenvalue weighted by Gasteiger charge is 2.24. The van der Waals surface area contributed by atoms with Crippen LogP contribution in [0.15, 0.2) is 18.2 Å². The molecule has 0 fully saturated rings. The van der Waals surface area contributed by atoms with Crippen LogP contribution >= 0.6 is 11.6 Å². The molecule has 1 amide bonds. The van der Waals surface area contributed by atoms with Crippen LogP contribution in [-0.4, -0.2) is 35.9 Å². The van der Waals surface area contributed by atoms with Crippen molar-refractivity contribution in [2.24, 2.45) is 13.0 Å². The number of aryl methyl sites for hydroxylation is 1. The molecule has 0 bridgehead atoms. The fourth-order valence-electron chi connectivity index (χ4n) is 2.80. The second kappa shape index (κ2) is 6.73. The van der Waals surface area contributed by atoms with E-state index in [1.807, 2.05) is 25.1 Å². The summed E-state index contributed by atoms with van der Waals surface area (Å²) in [7, 11) is 3.39. The number of carbonyl (C=O) groups is 1. The van der Waals surface area contributed by atoms with Gasteiger partial charge in [0.2, 0.25) is 0 Å². The fraction of sp³-hybridized carbons (Fsp3) is 0.412. The molecular weight excluding hydrogens is 330 g/mol. The van der Waals surface area contributed by atoms with Crippen molar-refractivity contribution in [2.45, 2.75) is 13.3 Å². The molecule has 6 nitrogen and oxygen atoms in total. The highest BCUT2D eigenvalue weighted by atomic mass is 35.5. The first-order valence-electron chi connectivity index (χ1n) is 7.77. The van der Waals surface area contributed by atoms with Crippen LogP contribution in [0, 0.1) is 12.8 Å². The van der Waals surface area contributed by atoms with E-state index >= 15 is 0 Å². The van der Waals surface area contributed by atoms with E-state index < -0.39 is 0 Å². The summed E-state index contributed by atoms with van der Waals surface area (Å²) in [6, 6.07) is 5.84. The van der Waals surface area contributed by atoms with Crippen molar-refractivity contribution >= 4 is 17.5 Å². The summed E-state index contributed by atoms with van der Waals surface area (Å²) < 4.78 is 12.7. The minimum atomic E-state index is -0.264. The number of benzene rings is 1. The number of carbonyl (C=O) groups excluding carboxylic acids is 1. The lowest BCUT2D eigenvalue weighted by Crippen LogP contribution is -2.35. The van der Waals surface area contributed by atoms with Gasteiger partial charge in [0.15, 0.2) is 17.2 Å². The molecule has 24 heavy (non-hydrogen) atoms. The van der Waals surface area contributed by atoms with E-state index in [1.54, 1.807) is 18.8 Å². The molecular formula is C17H20ClN3O3. The molecule has 1 atom stereocenters. The van der Waals surface area contributed by atoms with Crippen molar-refractivity contribution in [2.75, 3.05) is 20.3 Å². The van der Waals surface area contributed by atoms with Gasteiger partial charge in [-0.3, -0.25) is 9.48 Å². The van der Waals surface area contributed by atoms with Crippen molar-refractivity contribution in [3.05, 3.63) is 40.2 Å². The van der Waals surface area contributed by atoms with Gasteiger partial charge in [-0.05, 0) is 25.0 Å². The van der Waals surface area contributed by atoms with E-state index in [1.165, 1.54) is 0 Å². The number of nitrogens with one attached hydrogen (secondary N) is 1. The van der Waals surface area contributed by atoms with Gasteiger partial charge in [0.25, 0.3) is 5.91 Å². The van der Waals surface area contributed by atoms with Crippen molar-refractivity contribution in [1.29, 1.82) is 0 Å². The summed E-state index contributed by atoms with van der Waals surface area (Å²) in [6.07, 6.45) is 0.821. The Morgan fingerprint density at radius 1 is 1.54 bits per heavy atom. The molecule has 1 aromatic heterocycles. The van der Waals surface area contributed by atoms with Gasteiger partial charge >= 0.3 is 0 Å². The first-order valence-corrected chi connectivity index (χ1v) is 8.15. The maximum Gasteiger partial charge on any atom is 0.273 e. The first-order chi connectivity index (χ1) is 11.5. The summed E-state index contributed by atoms with van der Waals surface area (Å²) in [6.45, 7) is 2.86. The van der Waals surface area contributed by atoms with Crippen molar-refractivity contribution in [3.8, 4) is 11.5 Å². The van der Waals surface area contributed by atoms with E-state index in [0.717, 1.165) is 29.2 Å². The Hall–Kier alpha value is -2.21. The molecule has 0 saturated carbocycles. The molecule has 1 aromatic carbocycles. The number of rotatable bonds is 4. The fourth-order valence-corrected chi connectivity index (χ4v) is 3.04. The van der Waals surface area contributed by atoms with Crippen LogP contribution in [-0.2, 0) is 13.5 Å². The molecule has 7 heteroatoms. The molecule has 3 rings (SSSR count). The van der Waals surface area contributed by atoms with Gasteiger partial charge in [0, 0.05) is 19.5 Å². The zero-order valence-corrected chi connectivity index (χ0v) is 14.7. The average molecular weight is 350 g/mol. The molecule has 2 heterocycles. The third-order valence-corrected chi connectivity index (χ3v) is 4.73. The standard InChI is InChI=1S/C17H20ClN3O3/c1-10-14(18)15(20-21(10)2)17(22)19-8-11-7-12-5-4-6-13(23-3)16(12)24-9-11/h4-6,11H,7-9H2,1-3H3,(H,19,22).